The highest BCUT2D eigenvalue weighted by Crippen LogP contribution is 2.28. The number of hydrogen-bond acceptors (Lipinski definition) is 4. The Hall–Kier alpha value is -3.52. The number of ketones is 1. The molecule has 0 bridgehead atoms. The molecule has 1 saturated heterocycles. The molecule has 190 valence electrons. The van der Waals surface area contributed by atoms with Crippen LogP contribution in [0.2, 0.25) is 0 Å². The summed E-state index contributed by atoms with van der Waals surface area (Å²) in [7, 11) is 1.59. The first kappa shape index (κ1) is 25.6. The number of carbonyl (C=O) groups excluding carboxylic acids is 3. The summed E-state index contributed by atoms with van der Waals surface area (Å²) in [6.45, 7) is 10.1. The molecule has 0 spiro atoms. The molecule has 0 aliphatic carbocycles. The first-order chi connectivity index (χ1) is 17.1. The molecule has 2 aromatic carbocycles. The van der Waals surface area contributed by atoms with Crippen molar-refractivity contribution < 1.29 is 18.8 Å². The first-order valence-corrected chi connectivity index (χ1v) is 12.3. The minimum atomic E-state index is -0.588. The highest BCUT2D eigenvalue weighted by molar-refractivity contribution is 6.43. The molecule has 8 heteroatoms. The van der Waals surface area contributed by atoms with Gasteiger partial charge in [-0.1, -0.05) is 12.1 Å². The third-order valence-corrected chi connectivity index (χ3v) is 7.15. The van der Waals surface area contributed by atoms with Crippen LogP contribution in [0.15, 0.2) is 42.5 Å². The lowest BCUT2D eigenvalue weighted by Crippen LogP contribution is -2.57. The topological polar surface area (TPSA) is 76.7 Å². The molecule has 4 rings (SSSR count). The third-order valence-electron chi connectivity index (χ3n) is 7.15. The monoisotopic (exact) mass is 492 g/mol. The van der Waals surface area contributed by atoms with Crippen molar-refractivity contribution in [1.29, 1.82) is 0 Å². The summed E-state index contributed by atoms with van der Waals surface area (Å²) in [6, 6.07) is 11.6. The van der Waals surface area contributed by atoms with Crippen LogP contribution in [0.25, 0.3) is 10.9 Å². The van der Waals surface area contributed by atoms with E-state index in [1.165, 1.54) is 17.0 Å². The van der Waals surface area contributed by atoms with E-state index in [1.807, 2.05) is 25.7 Å². The van der Waals surface area contributed by atoms with Gasteiger partial charge in [-0.2, -0.15) is 0 Å². The number of fused-ring (bicyclic) bond motifs is 1. The Bertz CT molecular complexity index is 1300. The number of rotatable bonds is 6. The second kappa shape index (κ2) is 10.2. The molecule has 0 saturated carbocycles. The molecule has 1 aliphatic heterocycles. The van der Waals surface area contributed by atoms with E-state index in [9.17, 15) is 18.8 Å². The number of aryl methyl sites for hydroxylation is 1. The first-order valence-electron chi connectivity index (χ1n) is 12.3. The maximum atomic E-state index is 13.8. The molecule has 1 fully saturated rings. The Morgan fingerprint density at radius 3 is 2.42 bits per heavy atom. The summed E-state index contributed by atoms with van der Waals surface area (Å²) in [4.78, 5) is 47.8. The Morgan fingerprint density at radius 2 is 1.75 bits per heavy atom. The van der Waals surface area contributed by atoms with Crippen molar-refractivity contribution in [3.05, 3.63) is 70.7 Å². The molecule has 2 heterocycles. The van der Waals surface area contributed by atoms with E-state index < -0.39 is 11.7 Å². The van der Waals surface area contributed by atoms with Gasteiger partial charge in [-0.25, -0.2) is 4.39 Å². The van der Waals surface area contributed by atoms with Gasteiger partial charge in [0.15, 0.2) is 0 Å². The lowest BCUT2D eigenvalue weighted by Gasteiger charge is -2.44. The molecule has 3 aromatic rings. The van der Waals surface area contributed by atoms with Crippen molar-refractivity contribution in [1.82, 2.24) is 19.7 Å². The molecule has 7 nitrogen and oxygen atoms in total. The second-order valence-electron chi connectivity index (χ2n) is 9.75. The zero-order chi connectivity index (χ0) is 26.1. The fourth-order valence-corrected chi connectivity index (χ4v) is 4.85. The summed E-state index contributed by atoms with van der Waals surface area (Å²) in [6.07, 6.45) is 0. The minimum Gasteiger partial charge on any atom is -0.358 e. The summed E-state index contributed by atoms with van der Waals surface area (Å²) in [5.41, 5.74) is 3.31. The average molecular weight is 493 g/mol. The second-order valence-corrected chi connectivity index (χ2v) is 9.75. The Morgan fingerprint density at radius 1 is 1.06 bits per heavy atom. The number of likely N-dealkylation sites (N-methyl/N-ethyl adjacent to an activating group) is 1. The average Bonchev–Trinajstić information content (AvgIpc) is 3.20. The van der Waals surface area contributed by atoms with Crippen LogP contribution in [0.3, 0.4) is 0 Å². The van der Waals surface area contributed by atoms with Crippen molar-refractivity contribution in [3.8, 4) is 0 Å². The number of H-pyrrole nitrogens is 1. The maximum absolute atomic E-state index is 13.8. The van der Waals surface area contributed by atoms with Crippen LogP contribution in [0, 0.1) is 12.7 Å². The predicted octanol–water partition coefficient (Wildman–Crippen LogP) is 4.01. The van der Waals surface area contributed by atoms with E-state index in [1.54, 1.807) is 37.4 Å². The van der Waals surface area contributed by atoms with Crippen LogP contribution >= 0.6 is 0 Å². The largest absolute Gasteiger partial charge is 0.358 e. The van der Waals surface area contributed by atoms with Crippen LogP contribution in [-0.2, 0) is 11.3 Å². The van der Waals surface area contributed by atoms with Gasteiger partial charge in [0.25, 0.3) is 11.8 Å². The van der Waals surface area contributed by atoms with Gasteiger partial charge in [0.05, 0.1) is 5.56 Å². The Labute approximate surface area is 210 Å². The number of nitrogens with one attached hydrogen (secondary N) is 1. The maximum Gasteiger partial charge on any atom is 0.294 e. The number of benzene rings is 2. The lowest BCUT2D eigenvalue weighted by molar-refractivity contribution is -0.125. The van der Waals surface area contributed by atoms with E-state index in [0.29, 0.717) is 37.1 Å². The number of Topliss-reactive ketones (excluding diaryl/α,β-unsaturated/α-hetero) is 1. The molecule has 0 radical (unpaired) electrons. The molecule has 36 heavy (non-hydrogen) atoms. The molecule has 2 amide bonds. The van der Waals surface area contributed by atoms with Crippen LogP contribution < -0.4 is 0 Å². The molecule has 1 aromatic heterocycles. The normalized spacial score (nSPS) is 18.4. The lowest BCUT2D eigenvalue weighted by atomic mass is 10.0. The molecule has 1 aliphatic rings. The van der Waals surface area contributed by atoms with Crippen molar-refractivity contribution >= 4 is 28.5 Å². The smallest absolute Gasteiger partial charge is 0.294 e. The van der Waals surface area contributed by atoms with Crippen LogP contribution in [-0.4, -0.2) is 76.0 Å². The van der Waals surface area contributed by atoms with Gasteiger partial charge < -0.3 is 14.8 Å². The SMILES string of the molecule is CCN(C)C(=O)C(=O)c1ccc2[nH]c(C)c(C(=O)N3C[C@H](C)N(Cc4ccc(F)cc4)C[C@H]3C)c2c1. The fourth-order valence-electron chi connectivity index (χ4n) is 4.85. The van der Waals surface area contributed by atoms with Gasteiger partial charge in [0.1, 0.15) is 5.82 Å². The van der Waals surface area contributed by atoms with Crippen molar-refractivity contribution in [3.63, 3.8) is 0 Å². The van der Waals surface area contributed by atoms with Crippen LogP contribution in [0.5, 0.6) is 0 Å². The third kappa shape index (κ3) is 4.91. The van der Waals surface area contributed by atoms with Gasteiger partial charge in [-0.05, 0) is 63.6 Å². The van der Waals surface area contributed by atoms with Crippen molar-refractivity contribution in [2.75, 3.05) is 26.7 Å². The number of aromatic nitrogens is 1. The summed E-state index contributed by atoms with van der Waals surface area (Å²) < 4.78 is 13.3. The highest BCUT2D eigenvalue weighted by atomic mass is 19.1. The Kier molecular flexibility index (Phi) is 7.26. The Balaban J connectivity index is 1.57. The zero-order valence-electron chi connectivity index (χ0n) is 21.5. The van der Waals surface area contributed by atoms with Gasteiger partial charge in [0, 0.05) is 67.5 Å². The summed E-state index contributed by atoms with van der Waals surface area (Å²) >= 11 is 0. The minimum absolute atomic E-state index is 0.0388. The van der Waals surface area contributed by atoms with E-state index in [-0.39, 0.29) is 29.4 Å². The van der Waals surface area contributed by atoms with Crippen molar-refractivity contribution in [2.45, 2.75) is 46.3 Å². The van der Waals surface area contributed by atoms with E-state index in [4.69, 9.17) is 0 Å². The number of hydrogen-bond donors (Lipinski definition) is 1. The van der Waals surface area contributed by atoms with Gasteiger partial charge in [-0.15, -0.1) is 0 Å². The zero-order valence-corrected chi connectivity index (χ0v) is 21.5. The molecule has 1 N–H and O–H groups in total. The van der Waals surface area contributed by atoms with Crippen molar-refractivity contribution in [2.24, 2.45) is 0 Å². The quantitative estimate of drug-likeness (QED) is 0.417. The van der Waals surface area contributed by atoms with Crippen LogP contribution in [0.1, 0.15) is 52.7 Å². The summed E-state index contributed by atoms with van der Waals surface area (Å²) in [5, 5.41) is 0.642. The summed E-state index contributed by atoms with van der Waals surface area (Å²) in [5.74, 6) is -1.51. The number of nitrogens with zero attached hydrogens (tertiary/aromatic N) is 3. The molecular weight excluding hydrogens is 459 g/mol. The highest BCUT2D eigenvalue weighted by Gasteiger charge is 2.34. The number of carbonyl (C=O) groups is 3. The number of amides is 2. The molecule has 0 unspecified atom stereocenters. The predicted molar refractivity (Wildman–Crippen MR) is 137 cm³/mol. The van der Waals surface area contributed by atoms with Gasteiger partial charge >= 0.3 is 0 Å². The van der Waals surface area contributed by atoms with E-state index in [0.717, 1.165) is 16.8 Å². The van der Waals surface area contributed by atoms with Crippen LogP contribution in [0.4, 0.5) is 4.39 Å². The number of piperazine rings is 1. The van der Waals surface area contributed by atoms with Gasteiger partial charge in [0.2, 0.25) is 5.78 Å². The molecular formula is C28H33FN4O3. The number of aromatic amines is 1. The fraction of sp³-hybridized carbons (Fsp3) is 0.393. The number of halogens is 1. The van der Waals surface area contributed by atoms with Gasteiger partial charge in [-0.3, -0.25) is 19.3 Å². The van der Waals surface area contributed by atoms with E-state index >= 15 is 0 Å². The molecule has 2 atom stereocenters. The van der Waals surface area contributed by atoms with E-state index in [2.05, 4.69) is 16.8 Å². The standard InChI is InChI=1S/C28H33FN4O3/c1-6-31(5)28(36)26(34)21-9-12-24-23(13-21)25(19(4)30-24)27(35)33-15-17(2)32(14-18(33)3)16-20-7-10-22(29)11-8-20/h7-13,17-18,30H,6,14-16H2,1-5H3/t17-,18+/m0/s1.